The molecule has 0 aromatic carbocycles. The number of carbonyl (C=O) groups is 2. The summed E-state index contributed by atoms with van der Waals surface area (Å²) in [5, 5.41) is 0. The molecule has 0 aliphatic heterocycles. The number of hydrogen-bond acceptors (Lipinski definition) is 8. The summed E-state index contributed by atoms with van der Waals surface area (Å²) in [5.74, 6) is -0.842. The molecule has 0 aliphatic rings. The number of allylic oxidation sites excluding steroid dienone is 12. The third-order valence-electron chi connectivity index (χ3n) is 10.6. The molecule has 0 radical (unpaired) electrons. The Balaban J connectivity index is 4.10. The molecule has 0 saturated heterocycles. The number of esters is 2. The lowest BCUT2D eigenvalue weighted by atomic mass is 10.0. The fraction of sp³-hybridized carbons (Fsp3) is 0.736. The summed E-state index contributed by atoms with van der Waals surface area (Å²) < 4.78 is 32.9. The van der Waals surface area contributed by atoms with Gasteiger partial charge in [-0.1, -0.05) is 215 Å². The predicted molar refractivity (Wildman–Crippen MR) is 266 cm³/mol. The van der Waals surface area contributed by atoms with E-state index in [0.717, 1.165) is 96.3 Å². The summed E-state index contributed by atoms with van der Waals surface area (Å²) in [6, 6.07) is 0. The summed E-state index contributed by atoms with van der Waals surface area (Å²) in [6.07, 6.45) is 60.8. The van der Waals surface area contributed by atoms with Crippen molar-refractivity contribution in [1.29, 1.82) is 0 Å². The van der Waals surface area contributed by atoms with Crippen LogP contribution in [-0.4, -0.2) is 49.3 Å². The monoisotopic (exact) mass is 904 g/mol. The summed E-state index contributed by atoms with van der Waals surface area (Å²) in [4.78, 5) is 35.0. The fourth-order valence-corrected chi connectivity index (χ4v) is 7.64. The lowest BCUT2D eigenvalue weighted by Gasteiger charge is -2.19. The maximum atomic E-state index is 12.7. The molecule has 0 spiro atoms. The molecule has 0 amide bonds. The summed E-state index contributed by atoms with van der Waals surface area (Å²) in [7, 11) is -4.39. The van der Waals surface area contributed by atoms with Crippen LogP contribution in [0.2, 0.25) is 0 Å². The maximum Gasteiger partial charge on any atom is 0.472 e. The summed E-state index contributed by atoms with van der Waals surface area (Å²) in [6.45, 7) is 3.62. The van der Waals surface area contributed by atoms with Gasteiger partial charge in [0.2, 0.25) is 0 Å². The first-order valence-corrected chi connectivity index (χ1v) is 26.9. The van der Waals surface area contributed by atoms with Crippen LogP contribution in [-0.2, 0) is 32.7 Å². The van der Waals surface area contributed by atoms with E-state index in [1.165, 1.54) is 89.9 Å². The molecule has 3 N–H and O–H groups in total. The number of carbonyl (C=O) groups excluding carboxylic acids is 2. The van der Waals surface area contributed by atoms with Crippen molar-refractivity contribution < 1.29 is 37.6 Å². The molecule has 2 atom stereocenters. The third kappa shape index (κ3) is 48.7. The topological polar surface area (TPSA) is 134 Å². The highest BCUT2D eigenvalue weighted by Gasteiger charge is 2.26. The Morgan fingerprint density at radius 1 is 0.492 bits per heavy atom. The van der Waals surface area contributed by atoms with Crippen molar-refractivity contribution in [3.05, 3.63) is 72.9 Å². The highest BCUT2D eigenvalue weighted by Crippen LogP contribution is 2.43. The van der Waals surface area contributed by atoms with Crippen molar-refractivity contribution >= 4 is 19.8 Å². The van der Waals surface area contributed by atoms with E-state index in [9.17, 15) is 19.0 Å². The molecular weight excluding hydrogens is 810 g/mol. The van der Waals surface area contributed by atoms with Crippen molar-refractivity contribution in [3.63, 3.8) is 0 Å². The van der Waals surface area contributed by atoms with Gasteiger partial charge in [-0.3, -0.25) is 18.6 Å². The van der Waals surface area contributed by atoms with E-state index in [4.69, 9.17) is 24.3 Å². The first-order valence-electron chi connectivity index (χ1n) is 25.4. The maximum absolute atomic E-state index is 12.7. The average Bonchev–Trinajstić information content (AvgIpc) is 3.27. The second-order valence-corrected chi connectivity index (χ2v) is 18.1. The number of phosphoric ester groups is 1. The van der Waals surface area contributed by atoms with Gasteiger partial charge in [-0.15, -0.1) is 0 Å². The van der Waals surface area contributed by atoms with E-state index in [-0.39, 0.29) is 38.6 Å². The van der Waals surface area contributed by atoms with Crippen LogP contribution in [0.15, 0.2) is 72.9 Å². The van der Waals surface area contributed by atoms with Crippen molar-refractivity contribution in [2.45, 2.75) is 225 Å². The van der Waals surface area contributed by atoms with Crippen molar-refractivity contribution in [2.24, 2.45) is 5.73 Å². The summed E-state index contributed by atoms with van der Waals surface area (Å²) in [5.41, 5.74) is 5.36. The van der Waals surface area contributed by atoms with Crippen LogP contribution in [0.25, 0.3) is 0 Å². The van der Waals surface area contributed by atoms with Crippen LogP contribution in [0.1, 0.15) is 219 Å². The molecule has 2 unspecified atom stereocenters. The minimum atomic E-state index is -4.39. The quantitative estimate of drug-likeness (QED) is 0.0265. The van der Waals surface area contributed by atoms with E-state index < -0.39 is 26.5 Å². The molecule has 0 bridgehead atoms. The minimum absolute atomic E-state index is 0.0484. The molecule has 63 heavy (non-hydrogen) atoms. The van der Waals surface area contributed by atoms with Gasteiger partial charge in [0.25, 0.3) is 0 Å². The van der Waals surface area contributed by atoms with Gasteiger partial charge in [-0.2, -0.15) is 0 Å². The molecule has 10 heteroatoms. The number of nitrogens with two attached hydrogens (primary N) is 1. The minimum Gasteiger partial charge on any atom is -0.462 e. The van der Waals surface area contributed by atoms with Gasteiger partial charge in [0.05, 0.1) is 13.2 Å². The van der Waals surface area contributed by atoms with Crippen LogP contribution in [0.3, 0.4) is 0 Å². The molecule has 0 saturated carbocycles. The lowest BCUT2D eigenvalue weighted by Crippen LogP contribution is -2.29. The Labute approximate surface area is 386 Å². The Morgan fingerprint density at radius 3 is 1.30 bits per heavy atom. The van der Waals surface area contributed by atoms with Gasteiger partial charge in [0, 0.05) is 19.4 Å². The standard InChI is InChI=1S/C53H94NO8P/c1-3-5-7-9-11-13-15-17-19-21-22-23-24-25-26-27-28-30-32-34-36-38-40-42-44-46-53(56)62-51(50-61-63(57,58)60-48-47-54)49-59-52(55)45-43-41-39-37-35-33-31-29-20-18-16-14-12-10-8-6-4-2/h5,7,11,13,17,19,22-23,25-26,28,30,51H,3-4,6,8-10,12,14-16,18,20-21,24,27,29,31-50,54H2,1-2H3,(H,57,58)/b7-5-,13-11-,19-17-,23-22-,26-25-,30-28-. The zero-order valence-electron chi connectivity index (χ0n) is 40.3. The Bertz CT molecular complexity index is 1260. The third-order valence-corrected chi connectivity index (χ3v) is 11.6. The molecule has 0 fully saturated rings. The Hall–Kier alpha value is -2.55. The molecule has 0 aromatic rings. The van der Waals surface area contributed by atoms with Gasteiger partial charge in [0.15, 0.2) is 6.10 Å². The highest BCUT2D eigenvalue weighted by atomic mass is 31.2. The number of phosphoric acid groups is 1. The largest absolute Gasteiger partial charge is 0.472 e. The molecule has 0 aliphatic carbocycles. The second kappa shape index (κ2) is 48.9. The van der Waals surface area contributed by atoms with Crippen LogP contribution in [0, 0.1) is 0 Å². The highest BCUT2D eigenvalue weighted by molar-refractivity contribution is 7.47. The molecule has 0 heterocycles. The van der Waals surface area contributed by atoms with Gasteiger partial charge < -0.3 is 20.1 Å². The Morgan fingerprint density at radius 2 is 0.873 bits per heavy atom. The van der Waals surface area contributed by atoms with Gasteiger partial charge in [-0.05, 0) is 64.2 Å². The van der Waals surface area contributed by atoms with E-state index in [0.29, 0.717) is 6.42 Å². The average molecular weight is 904 g/mol. The zero-order chi connectivity index (χ0) is 46.0. The SMILES string of the molecule is CC/C=C\C/C=C\C/C=C\C/C=C\C/C=C\C/C=C\CCCCCCCCC(=O)OC(COC(=O)CCCCCCCCCCCCCCCCCCC)COP(=O)(O)OCCN. The molecule has 0 aromatic heterocycles. The van der Waals surface area contributed by atoms with Crippen LogP contribution in [0.4, 0.5) is 0 Å². The van der Waals surface area contributed by atoms with Crippen molar-refractivity contribution in [2.75, 3.05) is 26.4 Å². The Kier molecular flexibility index (Phi) is 46.9. The van der Waals surface area contributed by atoms with E-state index in [2.05, 4.69) is 86.8 Å². The molecular formula is C53H94NO8P. The van der Waals surface area contributed by atoms with Crippen molar-refractivity contribution in [1.82, 2.24) is 0 Å². The number of hydrogen-bond donors (Lipinski definition) is 2. The molecule has 364 valence electrons. The van der Waals surface area contributed by atoms with E-state index in [1.807, 2.05) is 0 Å². The van der Waals surface area contributed by atoms with E-state index in [1.54, 1.807) is 0 Å². The van der Waals surface area contributed by atoms with Crippen LogP contribution >= 0.6 is 7.82 Å². The van der Waals surface area contributed by atoms with Gasteiger partial charge >= 0.3 is 19.8 Å². The fourth-order valence-electron chi connectivity index (χ4n) is 6.87. The zero-order valence-corrected chi connectivity index (χ0v) is 41.2. The molecule has 0 rings (SSSR count). The number of ether oxygens (including phenoxy) is 2. The van der Waals surface area contributed by atoms with Crippen LogP contribution in [0.5, 0.6) is 0 Å². The molecule has 9 nitrogen and oxygen atoms in total. The first kappa shape index (κ1) is 60.5. The van der Waals surface area contributed by atoms with Crippen molar-refractivity contribution in [3.8, 4) is 0 Å². The van der Waals surface area contributed by atoms with Crippen LogP contribution < -0.4 is 5.73 Å². The first-order chi connectivity index (χ1) is 30.8. The van der Waals surface area contributed by atoms with Gasteiger partial charge in [-0.25, -0.2) is 4.57 Å². The predicted octanol–water partition coefficient (Wildman–Crippen LogP) is 15.4. The second-order valence-electron chi connectivity index (χ2n) is 16.7. The smallest absolute Gasteiger partial charge is 0.462 e. The van der Waals surface area contributed by atoms with Gasteiger partial charge in [0.1, 0.15) is 6.61 Å². The number of rotatable bonds is 47. The number of unbranched alkanes of at least 4 members (excludes halogenated alkanes) is 22. The lowest BCUT2D eigenvalue weighted by molar-refractivity contribution is -0.161. The summed E-state index contributed by atoms with van der Waals surface area (Å²) >= 11 is 0. The normalized spacial score (nSPS) is 13.8. The van der Waals surface area contributed by atoms with E-state index >= 15 is 0 Å².